The number of carbonyl (C=O) groups excluding carboxylic acids is 1. The molecule has 33 heavy (non-hydrogen) atoms. The lowest BCUT2D eigenvalue weighted by Crippen LogP contribution is -2.39. The normalized spacial score (nSPS) is 14.7. The highest BCUT2D eigenvalue weighted by Crippen LogP contribution is 2.36. The number of rotatable bonds is 8. The van der Waals surface area contributed by atoms with Gasteiger partial charge in [-0.3, -0.25) is 9.10 Å². The molecule has 1 saturated heterocycles. The van der Waals surface area contributed by atoms with Crippen molar-refractivity contribution in [3.8, 4) is 5.75 Å². The van der Waals surface area contributed by atoms with Crippen LogP contribution in [0.2, 0.25) is 5.02 Å². The molecule has 0 atom stereocenters. The highest BCUT2D eigenvalue weighted by atomic mass is 35.5. The smallest absolute Gasteiger partial charge is 0.416 e. The van der Waals surface area contributed by atoms with Gasteiger partial charge >= 0.3 is 6.18 Å². The van der Waals surface area contributed by atoms with Crippen LogP contribution in [0.5, 0.6) is 5.75 Å². The minimum Gasteiger partial charge on any atom is -0.489 e. The van der Waals surface area contributed by atoms with E-state index in [9.17, 15) is 26.4 Å². The lowest BCUT2D eigenvalue weighted by atomic mass is 10.2. The Kier molecular flexibility index (Phi) is 7.80. The van der Waals surface area contributed by atoms with Gasteiger partial charge in [0.1, 0.15) is 18.4 Å². The third kappa shape index (κ3) is 7.02. The number of hydrazone groups is 1. The van der Waals surface area contributed by atoms with Crippen molar-refractivity contribution in [2.75, 3.05) is 28.6 Å². The van der Waals surface area contributed by atoms with E-state index in [1.807, 2.05) is 0 Å². The van der Waals surface area contributed by atoms with E-state index in [4.69, 9.17) is 16.3 Å². The van der Waals surface area contributed by atoms with Crippen LogP contribution in [0.4, 0.5) is 18.9 Å². The van der Waals surface area contributed by atoms with Crippen LogP contribution in [0.1, 0.15) is 11.1 Å². The van der Waals surface area contributed by atoms with Gasteiger partial charge in [0.15, 0.2) is 0 Å². The third-order valence-corrected chi connectivity index (χ3v) is 7.08. The summed E-state index contributed by atoms with van der Waals surface area (Å²) in [6, 6.07) is 9.18. The summed E-state index contributed by atoms with van der Waals surface area (Å²) in [6.45, 7) is -0.816. The van der Waals surface area contributed by atoms with E-state index >= 15 is 0 Å². The summed E-state index contributed by atoms with van der Waals surface area (Å²) in [6.07, 6.45) is -2.42. The summed E-state index contributed by atoms with van der Waals surface area (Å²) in [5.41, 5.74) is 1.24. The van der Waals surface area contributed by atoms with E-state index in [0.717, 1.165) is 29.9 Å². The van der Waals surface area contributed by atoms with Gasteiger partial charge < -0.3 is 4.74 Å². The van der Waals surface area contributed by atoms with Gasteiger partial charge in [0, 0.05) is 11.5 Å². The van der Waals surface area contributed by atoms with E-state index in [0.29, 0.717) is 21.7 Å². The van der Waals surface area contributed by atoms with Crippen molar-refractivity contribution in [2.45, 2.75) is 12.3 Å². The summed E-state index contributed by atoms with van der Waals surface area (Å²) in [5.74, 6) is 1.74. The molecule has 0 radical (unpaired) electrons. The Morgan fingerprint density at radius 3 is 2.48 bits per heavy atom. The van der Waals surface area contributed by atoms with Crippen LogP contribution in [0, 0.1) is 0 Å². The van der Waals surface area contributed by atoms with Crippen LogP contribution in [-0.2, 0) is 21.0 Å². The summed E-state index contributed by atoms with van der Waals surface area (Å²) < 4.78 is 69.7. The van der Waals surface area contributed by atoms with Crippen LogP contribution in [-0.4, -0.2) is 50.9 Å². The number of halogens is 4. The summed E-state index contributed by atoms with van der Waals surface area (Å²) >= 11 is 7.73. The molecule has 13 heteroatoms. The third-order valence-electron chi connectivity index (χ3n) is 4.42. The number of hydrogen-bond acceptors (Lipinski definition) is 6. The molecule has 1 fully saturated rings. The first kappa shape index (κ1) is 25.2. The standard InChI is InChI=1S/C20H19ClF3N3O4S2/c1-33(29,30)27(18-8-14(20(22,23)24)4-7-17(18)21)10-19(28)26-25-9-13-2-5-15(6-3-13)31-16-11-32-12-16/h2-9,16H,10-12H2,1H3,(H,26,28)/b25-9+. The number of amides is 1. The van der Waals surface area contributed by atoms with Crippen LogP contribution >= 0.6 is 23.4 Å². The molecule has 0 spiro atoms. The second kappa shape index (κ2) is 10.2. The first-order valence-corrected chi connectivity index (χ1v) is 12.8. The van der Waals surface area contributed by atoms with Gasteiger partial charge in [0.05, 0.1) is 28.7 Å². The fourth-order valence-electron chi connectivity index (χ4n) is 2.71. The maximum atomic E-state index is 13.0. The zero-order valence-corrected chi connectivity index (χ0v) is 19.6. The first-order valence-electron chi connectivity index (χ1n) is 9.44. The highest BCUT2D eigenvalue weighted by Gasteiger charge is 2.33. The molecular formula is C20H19ClF3N3O4S2. The molecule has 2 aromatic carbocycles. The summed E-state index contributed by atoms with van der Waals surface area (Å²) in [5, 5.41) is 3.51. The Morgan fingerprint density at radius 2 is 1.94 bits per heavy atom. The molecule has 1 aliphatic heterocycles. The van der Waals surface area contributed by atoms with Crippen molar-refractivity contribution in [1.29, 1.82) is 0 Å². The lowest BCUT2D eigenvalue weighted by molar-refractivity contribution is -0.137. The molecule has 2 aromatic rings. The number of anilines is 1. The lowest BCUT2D eigenvalue weighted by Gasteiger charge is -2.25. The summed E-state index contributed by atoms with van der Waals surface area (Å²) in [4.78, 5) is 12.3. The molecule has 178 valence electrons. The Labute approximate surface area is 198 Å². The number of nitrogens with zero attached hydrogens (tertiary/aromatic N) is 2. The van der Waals surface area contributed by atoms with Crippen molar-refractivity contribution in [1.82, 2.24) is 5.43 Å². The monoisotopic (exact) mass is 521 g/mol. The van der Waals surface area contributed by atoms with E-state index < -0.39 is 39.9 Å². The number of sulfonamides is 1. The quantitative estimate of drug-likeness (QED) is 0.422. The topological polar surface area (TPSA) is 88.1 Å². The molecule has 0 aliphatic carbocycles. The van der Waals surface area contributed by atoms with E-state index in [2.05, 4.69) is 10.5 Å². The maximum absolute atomic E-state index is 13.0. The Bertz CT molecular complexity index is 1140. The van der Waals surface area contributed by atoms with Crippen LogP contribution < -0.4 is 14.5 Å². The highest BCUT2D eigenvalue weighted by molar-refractivity contribution is 8.00. The zero-order chi connectivity index (χ0) is 24.2. The number of hydrogen-bond donors (Lipinski definition) is 1. The maximum Gasteiger partial charge on any atom is 0.416 e. The molecule has 0 unspecified atom stereocenters. The second-order valence-electron chi connectivity index (χ2n) is 7.07. The van der Waals surface area contributed by atoms with Crippen molar-refractivity contribution < 1.29 is 31.1 Å². The molecule has 0 aromatic heterocycles. The van der Waals surface area contributed by atoms with E-state index in [1.165, 1.54) is 6.21 Å². The van der Waals surface area contributed by atoms with Gasteiger partial charge in [-0.2, -0.15) is 30.0 Å². The van der Waals surface area contributed by atoms with Gasteiger partial charge in [-0.25, -0.2) is 13.8 Å². The average Bonchev–Trinajstić information content (AvgIpc) is 2.69. The Morgan fingerprint density at radius 1 is 1.27 bits per heavy atom. The van der Waals surface area contributed by atoms with Gasteiger partial charge in [-0.15, -0.1) is 0 Å². The van der Waals surface area contributed by atoms with Crippen molar-refractivity contribution in [2.24, 2.45) is 5.10 Å². The molecule has 7 nitrogen and oxygen atoms in total. The molecule has 0 saturated carbocycles. The Balaban J connectivity index is 1.66. The fourth-order valence-corrected chi connectivity index (χ4v) is 4.41. The van der Waals surface area contributed by atoms with Crippen LogP contribution in [0.25, 0.3) is 0 Å². The molecule has 0 bridgehead atoms. The fraction of sp³-hybridized carbons (Fsp3) is 0.300. The minimum absolute atomic E-state index is 0.205. The molecular weight excluding hydrogens is 503 g/mol. The van der Waals surface area contributed by atoms with Gasteiger partial charge in [0.25, 0.3) is 5.91 Å². The summed E-state index contributed by atoms with van der Waals surface area (Å²) in [7, 11) is -4.13. The molecule has 1 heterocycles. The molecule has 1 amide bonds. The average molecular weight is 522 g/mol. The van der Waals surface area contributed by atoms with Crippen molar-refractivity contribution in [3.05, 3.63) is 58.6 Å². The number of carbonyl (C=O) groups is 1. The second-order valence-corrected chi connectivity index (χ2v) is 10.5. The van der Waals surface area contributed by atoms with Gasteiger partial charge in [0.2, 0.25) is 10.0 Å². The molecule has 1 aliphatic rings. The molecule has 3 rings (SSSR count). The first-order chi connectivity index (χ1) is 15.4. The largest absolute Gasteiger partial charge is 0.489 e. The minimum atomic E-state index is -4.72. The van der Waals surface area contributed by atoms with Crippen molar-refractivity contribution >= 4 is 51.2 Å². The van der Waals surface area contributed by atoms with Crippen LogP contribution in [0.3, 0.4) is 0 Å². The number of benzene rings is 2. The predicted molar refractivity (Wildman–Crippen MR) is 123 cm³/mol. The number of nitrogens with one attached hydrogen (secondary N) is 1. The van der Waals surface area contributed by atoms with Crippen LogP contribution in [0.15, 0.2) is 47.6 Å². The number of alkyl halides is 3. The van der Waals surface area contributed by atoms with E-state index in [1.54, 1.807) is 36.0 Å². The SMILES string of the molecule is CS(=O)(=O)N(CC(=O)N/N=C/c1ccc(OC2CSC2)cc1)c1cc(C(F)(F)F)ccc1Cl. The molecule has 1 N–H and O–H groups in total. The number of ether oxygens (including phenoxy) is 1. The van der Waals surface area contributed by atoms with E-state index in [-0.39, 0.29) is 11.1 Å². The Hall–Kier alpha value is -2.44. The van der Waals surface area contributed by atoms with Gasteiger partial charge in [-0.1, -0.05) is 11.6 Å². The number of thioether (sulfide) groups is 1. The van der Waals surface area contributed by atoms with Crippen molar-refractivity contribution in [3.63, 3.8) is 0 Å². The van der Waals surface area contributed by atoms with Gasteiger partial charge in [-0.05, 0) is 48.0 Å². The predicted octanol–water partition coefficient (Wildman–Crippen LogP) is 3.77. The zero-order valence-electron chi connectivity index (χ0n) is 17.2.